The molecule has 0 aliphatic carbocycles. The number of anilines is 1. The second-order valence-corrected chi connectivity index (χ2v) is 6.92. The summed E-state index contributed by atoms with van der Waals surface area (Å²) < 4.78 is 35.1. The number of aromatic nitrogens is 1. The topological polar surface area (TPSA) is 86.6 Å². The lowest BCUT2D eigenvalue weighted by atomic mass is 10.2. The Morgan fingerprint density at radius 1 is 1.36 bits per heavy atom. The SMILES string of the molecule is Cc1csc(=O)n1CCC(=O)O[C@H](C)C(=O)Nc1ccc(OC(F)F)c(Cl)c1. The van der Waals surface area contributed by atoms with Crippen molar-refractivity contribution in [1.29, 1.82) is 0 Å². The first kappa shape index (κ1) is 21.8. The third-order valence-corrected chi connectivity index (χ3v) is 4.79. The average Bonchev–Trinajstić information content (AvgIpc) is 2.93. The number of thiazole rings is 1. The van der Waals surface area contributed by atoms with Crippen LogP contribution in [0.15, 0.2) is 28.4 Å². The minimum Gasteiger partial charge on any atom is -0.452 e. The molecule has 152 valence electrons. The van der Waals surface area contributed by atoms with Gasteiger partial charge in [-0.15, -0.1) is 0 Å². The fraction of sp³-hybridized carbons (Fsp3) is 0.353. The number of rotatable bonds is 8. The molecule has 0 aliphatic rings. The van der Waals surface area contributed by atoms with Crippen molar-refractivity contribution in [3.63, 3.8) is 0 Å². The quantitative estimate of drug-likeness (QED) is 0.643. The highest BCUT2D eigenvalue weighted by Crippen LogP contribution is 2.29. The van der Waals surface area contributed by atoms with Crippen LogP contribution < -0.4 is 14.9 Å². The summed E-state index contributed by atoms with van der Waals surface area (Å²) in [4.78, 5) is 35.5. The van der Waals surface area contributed by atoms with E-state index in [9.17, 15) is 23.2 Å². The Hall–Kier alpha value is -2.46. The summed E-state index contributed by atoms with van der Waals surface area (Å²) in [5.41, 5.74) is 0.963. The van der Waals surface area contributed by atoms with Crippen LogP contribution in [0.2, 0.25) is 5.02 Å². The molecule has 28 heavy (non-hydrogen) atoms. The number of nitrogens with zero attached hydrogens (tertiary/aromatic N) is 1. The fourth-order valence-corrected chi connectivity index (χ4v) is 3.19. The molecule has 0 spiro atoms. The van der Waals surface area contributed by atoms with Gasteiger partial charge in [-0.05, 0) is 32.0 Å². The number of ether oxygens (including phenoxy) is 2. The number of aryl methyl sites for hydroxylation is 1. The van der Waals surface area contributed by atoms with Gasteiger partial charge in [0.05, 0.1) is 11.4 Å². The highest BCUT2D eigenvalue weighted by atomic mass is 35.5. The maximum atomic E-state index is 12.2. The van der Waals surface area contributed by atoms with E-state index in [0.717, 1.165) is 17.0 Å². The van der Waals surface area contributed by atoms with Crippen LogP contribution in [0.4, 0.5) is 14.5 Å². The fourth-order valence-electron chi connectivity index (χ4n) is 2.20. The molecule has 1 amide bonds. The molecule has 0 fully saturated rings. The molecule has 1 heterocycles. The van der Waals surface area contributed by atoms with Crippen LogP contribution in [-0.2, 0) is 20.9 Å². The maximum absolute atomic E-state index is 12.2. The largest absolute Gasteiger partial charge is 0.452 e. The number of carbonyl (C=O) groups is 2. The first-order chi connectivity index (χ1) is 13.2. The number of alkyl halides is 2. The predicted molar refractivity (Wildman–Crippen MR) is 100 cm³/mol. The summed E-state index contributed by atoms with van der Waals surface area (Å²) in [7, 11) is 0. The van der Waals surface area contributed by atoms with Crippen LogP contribution in [0.1, 0.15) is 19.0 Å². The number of halogens is 3. The molecule has 1 N–H and O–H groups in total. The lowest BCUT2D eigenvalue weighted by molar-refractivity contribution is -0.153. The summed E-state index contributed by atoms with van der Waals surface area (Å²) in [6.07, 6.45) is -1.18. The molecular formula is C17H17ClF2N2O5S. The summed E-state index contributed by atoms with van der Waals surface area (Å²) in [5.74, 6) is -1.50. The Bertz CT molecular complexity index is 915. The zero-order valence-electron chi connectivity index (χ0n) is 14.9. The first-order valence-electron chi connectivity index (χ1n) is 8.07. The number of esters is 1. The van der Waals surface area contributed by atoms with Crippen molar-refractivity contribution in [3.05, 3.63) is 44.0 Å². The van der Waals surface area contributed by atoms with Crippen molar-refractivity contribution in [3.8, 4) is 5.75 Å². The predicted octanol–water partition coefficient (Wildman–Crippen LogP) is 3.43. The molecule has 0 saturated heterocycles. The van der Waals surface area contributed by atoms with Gasteiger partial charge in [-0.1, -0.05) is 22.9 Å². The molecule has 7 nitrogen and oxygen atoms in total. The van der Waals surface area contributed by atoms with Crippen LogP contribution in [0, 0.1) is 6.92 Å². The minimum absolute atomic E-state index is 0.0689. The van der Waals surface area contributed by atoms with Gasteiger partial charge in [-0.25, -0.2) is 0 Å². The molecule has 0 saturated carbocycles. The van der Waals surface area contributed by atoms with Crippen molar-refractivity contribution >= 4 is 40.5 Å². The molecule has 0 aliphatic heterocycles. The Kier molecular flexibility index (Phi) is 7.53. The highest BCUT2D eigenvalue weighted by Gasteiger charge is 2.19. The molecule has 2 rings (SSSR count). The van der Waals surface area contributed by atoms with E-state index in [0.29, 0.717) is 0 Å². The second-order valence-electron chi connectivity index (χ2n) is 5.69. The smallest absolute Gasteiger partial charge is 0.387 e. The Morgan fingerprint density at radius 2 is 2.07 bits per heavy atom. The van der Waals surface area contributed by atoms with Crippen LogP contribution in [0.3, 0.4) is 0 Å². The lowest BCUT2D eigenvalue weighted by Crippen LogP contribution is -2.30. The number of hydrogen-bond acceptors (Lipinski definition) is 6. The van der Waals surface area contributed by atoms with Gasteiger partial charge >= 0.3 is 17.5 Å². The molecular weight excluding hydrogens is 418 g/mol. The van der Waals surface area contributed by atoms with Gasteiger partial charge in [-0.3, -0.25) is 14.4 Å². The molecule has 11 heteroatoms. The standard InChI is InChI=1S/C17H17ClF2N2O5S/c1-9-8-28-17(25)22(9)6-5-14(23)26-10(2)15(24)21-11-3-4-13(12(18)7-11)27-16(19)20/h3-4,7-8,10,16H,5-6H2,1-2H3,(H,21,24)/t10-/m1/s1. The van der Waals surface area contributed by atoms with Gasteiger partial charge in [0.15, 0.2) is 6.10 Å². The zero-order chi connectivity index (χ0) is 20.8. The first-order valence-corrected chi connectivity index (χ1v) is 9.32. The minimum atomic E-state index is -3.02. The number of carbonyl (C=O) groups excluding carboxylic acids is 2. The van der Waals surface area contributed by atoms with E-state index in [1.165, 1.54) is 29.7 Å². The second kappa shape index (κ2) is 9.65. The van der Waals surface area contributed by atoms with Crippen molar-refractivity contribution in [2.45, 2.75) is 39.5 Å². The van der Waals surface area contributed by atoms with Crippen molar-refractivity contribution in [1.82, 2.24) is 4.57 Å². The lowest BCUT2D eigenvalue weighted by Gasteiger charge is -2.14. The summed E-state index contributed by atoms with van der Waals surface area (Å²) in [6, 6.07) is 3.74. The van der Waals surface area contributed by atoms with E-state index in [1.54, 1.807) is 12.3 Å². The van der Waals surface area contributed by atoms with Gasteiger partial charge in [0.2, 0.25) is 0 Å². The highest BCUT2D eigenvalue weighted by molar-refractivity contribution is 7.07. The summed E-state index contributed by atoms with van der Waals surface area (Å²) >= 11 is 6.85. The van der Waals surface area contributed by atoms with E-state index >= 15 is 0 Å². The van der Waals surface area contributed by atoms with Gasteiger partial charge in [-0.2, -0.15) is 8.78 Å². The molecule has 1 atom stereocenters. The van der Waals surface area contributed by atoms with Crippen molar-refractivity contribution in [2.24, 2.45) is 0 Å². The summed E-state index contributed by atoms with van der Waals surface area (Å²) in [5, 5.41) is 4.03. The number of benzene rings is 1. The number of amides is 1. The average molecular weight is 435 g/mol. The van der Waals surface area contributed by atoms with Gasteiger partial charge in [0, 0.05) is 23.3 Å². The van der Waals surface area contributed by atoms with Crippen molar-refractivity contribution < 1.29 is 27.8 Å². The van der Waals surface area contributed by atoms with E-state index in [-0.39, 0.29) is 34.3 Å². The van der Waals surface area contributed by atoms with Crippen LogP contribution in [0.5, 0.6) is 5.75 Å². The van der Waals surface area contributed by atoms with E-state index in [1.807, 2.05) is 0 Å². The van der Waals surface area contributed by atoms with Crippen LogP contribution >= 0.6 is 22.9 Å². The van der Waals surface area contributed by atoms with E-state index in [2.05, 4.69) is 10.1 Å². The van der Waals surface area contributed by atoms with Gasteiger partial charge in [0.1, 0.15) is 5.75 Å². The van der Waals surface area contributed by atoms with Crippen molar-refractivity contribution in [2.75, 3.05) is 5.32 Å². The molecule has 0 unspecified atom stereocenters. The Labute approximate surface area is 167 Å². The Balaban J connectivity index is 1.87. The van der Waals surface area contributed by atoms with Crippen LogP contribution in [0.25, 0.3) is 0 Å². The monoisotopic (exact) mass is 434 g/mol. The third kappa shape index (κ3) is 6.03. The van der Waals surface area contributed by atoms with E-state index < -0.39 is 24.6 Å². The molecule has 1 aromatic carbocycles. The van der Waals surface area contributed by atoms with Gasteiger partial charge < -0.3 is 19.4 Å². The van der Waals surface area contributed by atoms with Gasteiger partial charge in [0.25, 0.3) is 5.91 Å². The third-order valence-electron chi connectivity index (χ3n) is 3.61. The Morgan fingerprint density at radius 3 is 2.64 bits per heavy atom. The number of hydrogen-bond donors (Lipinski definition) is 1. The molecule has 2 aromatic rings. The van der Waals surface area contributed by atoms with E-state index in [4.69, 9.17) is 16.3 Å². The zero-order valence-corrected chi connectivity index (χ0v) is 16.5. The number of nitrogens with one attached hydrogen (secondary N) is 1. The molecule has 0 bridgehead atoms. The molecule has 1 aromatic heterocycles. The maximum Gasteiger partial charge on any atom is 0.387 e. The normalized spacial score (nSPS) is 11.9. The molecule has 0 radical (unpaired) electrons. The van der Waals surface area contributed by atoms with Crippen LogP contribution in [-0.4, -0.2) is 29.2 Å². The summed E-state index contributed by atoms with van der Waals surface area (Å²) in [6.45, 7) is 0.265.